The van der Waals surface area contributed by atoms with Crippen molar-refractivity contribution in [1.29, 1.82) is 0 Å². The minimum absolute atomic E-state index is 0.0722. The molecule has 2 bridgehead atoms. The van der Waals surface area contributed by atoms with E-state index in [1.807, 2.05) is 12.2 Å². The zero-order valence-electron chi connectivity index (χ0n) is 12.4. The second kappa shape index (κ2) is 4.98. The van der Waals surface area contributed by atoms with Gasteiger partial charge in [0.1, 0.15) is 5.75 Å². The Kier molecular flexibility index (Phi) is 3.02. The lowest BCUT2D eigenvalue weighted by molar-refractivity contribution is -0.384. The van der Waals surface area contributed by atoms with Crippen molar-refractivity contribution in [3.63, 3.8) is 0 Å². The van der Waals surface area contributed by atoms with Crippen LogP contribution in [-0.4, -0.2) is 33.1 Å². The monoisotopic (exact) mass is 327 g/mol. The average Bonchev–Trinajstić information content (AvgIpc) is 3.22. The number of aromatic hydroxyl groups is 1. The Morgan fingerprint density at radius 2 is 1.83 bits per heavy atom. The third kappa shape index (κ3) is 1.96. The first-order valence-electron chi connectivity index (χ1n) is 7.55. The van der Waals surface area contributed by atoms with E-state index in [1.54, 1.807) is 0 Å². The van der Waals surface area contributed by atoms with Crippen molar-refractivity contribution in [2.24, 2.45) is 28.8 Å². The Hall–Kier alpha value is -3.03. The quantitative estimate of drug-likeness (QED) is 0.297. The van der Waals surface area contributed by atoms with E-state index in [1.165, 1.54) is 6.07 Å². The van der Waals surface area contributed by atoms with E-state index in [0.717, 1.165) is 29.8 Å². The van der Waals surface area contributed by atoms with Gasteiger partial charge in [-0.05, 0) is 24.3 Å². The van der Waals surface area contributed by atoms with Crippen molar-refractivity contribution in [3.8, 4) is 5.75 Å². The Bertz CT molecular complexity index is 801. The molecule has 8 heteroatoms. The summed E-state index contributed by atoms with van der Waals surface area (Å²) in [6.45, 7) is 0. The van der Waals surface area contributed by atoms with Crippen LogP contribution in [0, 0.1) is 33.8 Å². The van der Waals surface area contributed by atoms with Crippen molar-refractivity contribution >= 4 is 23.7 Å². The molecule has 4 rings (SSSR count). The third-order valence-corrected chi connectivity index (χ3v) is 4.98. The third-order valence-electron chi connectivity index (χ3n) is 4.98. The zero-order valence-corrected chi connectivity index (χ0v) is 12.4. The Morgan fingerprint density at radius 1 is 1.21 bits per heavy atom. The number of nitrogens with zero attached hydrogens (tertiary/aromatic N) is 3. The summed E-state index contributed by atoms with van der Waals surface area (Å²) >= 11 is 0. The first kappa shape index (κ1) is 14.6. The molecule has 0 unspecified atom stereocenters. The fourth-order valence-electron chi connectivity index (χ4n) is 3.88. The predicted octanol–water partition coefficient (Wildman–Crippen LogP) is 1.44. The zero-order chi connectivity index (χ0) is 17.0. The maximum Gasteiger partial charge on any atom is 0.270 e. The van der Waals surface area contributed by atoms with Gasteiger partial charge in [-0.25, -0.2) is 0 Å². The molecule has 2 aliphatic carbocycles. The van der Waals surface area contributed by atoms with Crippen LogP contribution in [-0.2, 0) is 9.59 Å². The maximum atomic E-state index is 12.5. The number of non-ortho nitro benzene ring substituents is 1. The van der Waals surface area contributed by atoms with Gasteiger partial charge in [0.15, 0.2) is 0 Å². The smallest absolute Gasteiger partial charge is 0.270 e. The number of hydrogen-bond donors (Lipinski definition) is 1. The van der Waals surface area contributed by atoms with Gasteiger partial charge in [-0.3, -0.25) is 19.7 Å². The number of rotatable bonds is 3. The van der Waals surface area contributed by atoms with Crippen LogP contribution >= 0.6 is 0 Å². The number of benzene rings is 1. The number of phenols is 1. The molecule has 1 aliphatic heterocycles. The second-order valence-electron chi connectivity index (χ2n) is 6.23. The molecule has 0 aromatic heterocycles. The lowest BCUT2D eigenvalue weighted by Gasteiger charge is -2.13. The highest BCUT2D eigenvalue weighted by Gasteiger charge is 2.59. The summed E-state index contributed by atoms with van der Waals surface area (Å²) in [5.41, 5.74) is -0.143. The SMILES string of the molecule is O=C1[C@@H]2[C@H](C(=O)N1/N=C\c1cc([N+](=O)[O-])ccc1O)[C@H]1C=C[C@H]2C1. The van der Waals surface area contributed by atoms with E-state index in [9.17, 15) is 24.8 Å². The highest BCUT2D eigenvalue weighted by Crippen LogP contribution is 2.52. The van der Waals surface area contributed by atoms with Crippen LogP contribution in [0.4, 0.5) is 5.69 Å². The van der Waals surface area contributed by atoms with Crippen molar-refractivity contribution in [3.05, 3.63) is 46.0 Å². The van der Waals surface area contributed by atoms with E-state index >= 15 is 0 Å². The summed E-state index contributed by atoms with van der Waals surface area (Å²) in [6, 6.07) is 3.47. The fourth-order valence-corrected chi connectivity index (χ4v) is 3.88. The van der Waals surface area contributed by atoms with Gasteiger partial charge in [0.25, 0.3) is 17.5 Å². The topological polar surface area (TPSA) is 113 Å². The predicted molar refractivity (Wildman–Crippen MR) is 81.9 cm³/mol. The first-order chi connectivity index (χ1) is 11.5. The number of amides is 2. The molecule has 1 heterocycles. The molecule has 24 heavy (non-hydrogen) atoms. The molecule has 1 aromatic rings. The van der Waals surface area contributed by atoms with Crippen LogP contribution in [0.2, 0.25) is 0 Å². The number of allylic oxidation sites excluding steroid dienone is 2. The van der Waals surface area contributed by atoms with Gasteiger partial charge in [0, 0.05) is 17.7 Å². The summed E-state index contributed by atoms with van der Waals surface area (Å²) in [4.78, 5) is 35.1. The van der Waals surface area contributed by atoms with Crippen LogP contribution < -0.4 is 0 Å². The van der Waals surface area contributed by atoms with Gasteiger partial charge in [-0.2, -0.15) is 10.1 Å². The number of hydrazone groups is 1. The standard InChI is InChI=1S/C16H13N3O5/c20-12-4-3-11(19(23)24)6-10(12)7-17-18-15(21)13-8-1-2-9(5-8)14(13)16(18)22/h1-4,6-9,13-14,20H,5H2/b17-7-/t8-,9-,13-,14+/m0/s1. The molecule has 1 saturated carbocycles. The van der Waals surface area contributed by atoms with Gasteiger partial charge in [-0.1, -0.05) is 12.2 Å². The number of nitro groups is 1. The van der Waals surface area contributed by atoms with E-state index in [-0.39, 0.29) is 52.5 Å². The molecule has 3 aliphatic rings. The molecule has 2 fully saturated rings. The Balaban J connectivity index is 1.61. The molecule has 8 nitrogen and oxygen atoms in total. The lowest BCUT2D eigenvalue weighted by atomic mass is 9.85. The van der Waals surface area contributed by atoms with E-state index in [0.29, 0.717) is 0 Å². The molecular formula is C16H13N3O5. The molecule has 0 spiro atoms. The number of fused-ring (bicyclic) bond motifs is 5. The Morgan fingerprint density at radius 3 is 2.42 bits per heavy atom. The van der Waals surface area contributed by atoms with Crippen LogP contribution in [0.5, 0.6) is 5.75 Å². The largest absolute Gasteiger partial charge is 0.507 e. The molecule has 1 saturated heterocycles. The summed E-state index contributed by atoms with van der Waals surface area (Å²) in [6.07, 6.45) is 5.90. The molecule has 122 valence electrons. The summed E-state index contributed by atoms with van der Waals surface area (Å²) in [5, 5.41) is 25.3. The normalized spacial score (nSPS) is 30.6. The lowest BCUT2D eigenvalue weighted by Crippen LogP contribution is -2.28. The second-order valence-corrected chi connectivity index (χ2v) is 6.23. The molecular weight excluding hydrogens is 314 g/mol. The number of nitro benzene ring substituents is 1. The number of phenolic OH excluding ortho intramolecular Hbond substituents is 1. The Labute approximate surface area is 136 Å². The molecule has 4 atom stereocenters. The molecule has 2 amide bonds. The van der Waals surface area contributed by atoms with Gasteiger partial charge >= 0.3 is 0 Å². The highest BCUT2D eigenvalue weighted by atomic mass is 16.6. The van der Waals surface area contributed by atoms with Gasteiger partial charge < -0.3 is 5.11 Å². The minimum Gasteiger partial charge on any atom is -0.507 e. The van der Waals surface area contributed by atoms with Gasteiger partial charge in [-0.15, -0.1) is 0 Å². The average molecular weight is 327 g/mol. The number of imide groups is 1. The summed E-state index contributed by atoms with van der Waals surface area (Å²) in [7, 11) is 0. The van der Waals surface area contributed by atoms with Gasteiger partial charge in [0.2, 0.25) is 0 Å². The summed E-state index contributed by atoms with van der Waals surface area (Å²) in [5.74, 6) is -1.45. The number of carbonyl (C=O) groups is 2. The fraction of sp³-hybridized carbons (Fsp3) is 0.312. The molecule has 0 radical (unpaired) electrons. The minimum atomic E-state index is -0.601. The van der Waals surface area contributed by atoms with E-state index < -0.39 is 4.92 Å². The van der Waals surface area contributed by atoms with Crippen LogP contribution in [0.1, 0.15) is 12.0 Å². The molecule has 1 aromatic carbocycles. The first-order valence-corrected chi connectivity index (χ1v) is 7.55. The van der Waals surface area contributed by atoms with Gasteiger partial charge in [0.05, 0.1) is 23.0 Å². The summed E-state index contributed by atoms with van der Waals surface area (Å²) < 4.78 is 0. The van der Waals surface area contributed by atoms with Crippen molar-refractivity contribution in [1.82, 2.24) is 5.01 Å². The van der Waals surface area contributed by atoms with Crippen LogP contribution in [0.15, 0.2) is 35.5 Å². The van der Waals surface area contributed by atoms with E-state index in [2.05, 4.69) is 5.10 Å². The molecule has 1 N–H and O–H groups in total. The van der Waals surface area contributed by atoms with E-state index in [4.69, 9.17) is 0 Å². The van der Waals surface area contributed by atoms with Crippen LogP contribution in [0.25, 0.3) is 0 Å². The van der Waals surface area contributed by atoms with Crippen molar-refractivity contribution in [2.75, 3.05) is 0 Å². The number of hydrogen-bond acceptors (Lipinski definition) is 6. The van der Waals surface area contributed by atoms with Crippen LogP contribution in [0.3, 0.4) is 0 Å². The number of carbonyl (C=O) groups excluding carboxylic acids is 2. The highest BCUT2D eigenvalue weighted by molar-refractivity contribution is 6.06. The van der Waals surface area contributed by atoms with Crippen molar-refractivity contribution in [2.45, 2.75) is 6.42 Å². The maximum absolute atomic E-state index is 12.5. The van der Waals surface area contributed by atoms with Crippen molar-refractivity contribution < 1.29 is 19.6 Å².